The number of unbranched alkanes of at least 4 members (excludes halogenated alkanes) is 1. The Hall–Kier alpha value is -1.96. The molecule has 2 aromatic carbocycles. The average molecular weight is 241 g/mol. The molecule has 0 spiro atoms. The molecule has 0 saturated carbocycles. The molecule has 2 nitrogen and oxygen atoms in total. The molecule has 2 aromatic rings. The Morgan fingerprint density at radius 2 is 1.28 bits per heavy atom. The van der Waals surface area contributed by atoms with E-state index >= 15 is 0 Å². The molecule has 0 N–H and O–H groups in total. The highest BCUT2D eigenvalue weighted by Gasteiger charge is 1.94. The summed E-state index contributed by atoms with van der Waals surface area (Å²) in [5.41, 5.74) is 0. The lowest BCUT2D eigenvalue weighted by molar-refractivity contribution is 0.266. The molecule has 0 fully saturated rings. The minimum atomic E-state index is 0.724. The first-order valence-corrected chi connectivity index (χ1v) is 6.22. The summed E-state index contributed by atoms with van der Waals surface area (Å²) in [4.78, 5) is 0. The number of ether oxygens (including phenoxy) is 2. The first-order valence-electron chi connectivity index (χ1n) is 6.22. The van der Waals surface area contributed by atoms with Gasteiger partial charge in [-0.2, -0.15) is 0 Å². The van der Waals surface area contributed by atoms with Crippen LogP contribution in [0.5, 0.6) is 11.5 Å². The summed E-state index contributed by atoms with van der Waals surface area (Å²) in [7, 11) is 0. The van der Waals surface area contributed by atoms with Crippen molar-refractivity contribution < 1.29 is 9.47 Å². The summed E-state index contributed by atoms with van der Waals surface area (Å²) < 4.78 is 11.2. The molecule has 0 bridgehead atoms. The van der Waals surface area contributed by atoms with Crippen molar-refractivity contribution in [1.29, 1.82) is 0 Å². The van der Waals surface area contributed by atoms with Crippen LogP contribution in [0, 0.1) is 6.07 Å². The standard InChI is InChI=1S/C16H17O2/c1-3-9-15(10-4-1)17-13-7-8-14-18-16-11-5-2-6-12-16/h1,3-6,9-12H,7-8,13-14H2. The molecule has 2 rings (SSSR count). The van der Waals surface area contributed by atoms with Gasteiger partial charge in [0.1, 0.15) is 11.5 Å². The van der Waals surface area contributed by atoms with Crippen LogP contribution in [0.4, 0.5) is 0 Å². The Balaban J connectivity index is 1.54. The molecular formula is C16H17O2. The van der Waals surface area contributed by atoms with Gasteiger partial charge >= 0.3 is 0 Å². The van der Waals surface area contributed by atoms with Gasteiger partial charge in [-0.05, 0) is 43.2 Å². The summed E-state index contributed by atoms with van der Waals surface area (Å²) in [6, 6.07) is 20.4. The number of hydrogen-bond donors (Lipinski definition) is 0. The van der Waals surface area contributed by atoms with Gasteiger partial charge in [-0.3, -0.25) is 0 Å². The van der Waals surface area contributed by atoms with Crippen molar-refractivity contribution in [2.45, 2.75) is 12.8 Å². The Morgan fingerprint density at radius 3 is 1.89 bits per heavy atom. The van der Waals surface area contributed by atoms with Gasteiger partial charge in [-0.1, -0.05) is 30.3 Å². The lowest BCUT2D eigenvalue weighted by Crippen LogP contribution is -2.02. The molecule has 0 unspecified atom stereocenters. The maximum Gasteiger partial charge on any atom is 0.119 e. The fourth-order valence-corrected chi connectivity index (χ4v) is 1.57. The second-order valence-electron chi connectivity index (χ2n) is 3.95. The molecule has 0 saturated heterocycles. The molecule has 0 aromatic heterocycles. The van der Waals surface area contributed by atoms with E-state index in [9.17, 15) is 0 Å². The molecule has 0 atom stereocenters. The predicted octanol–water partition coefficient (Wildman–Crippen LogP) is 3.72. The van der Waals surface area contributed by atoms with Gasteiger partial charge in [-0.15, -0.1) is 0 Å². The zero-order valence-electron chi connectivity index (χ0n) is 10.3. The molecule has 0 aliphatic carbocycles. The first-order chi connectivity index (χ1) is 8.95. The van der Waals surface area contributed by atoms with Gasteiger partial charge in [0.15, 0.2) is 0 Å². The maximum atomic E-state index is 5.60. The minimum absolute atomic E-state index is 0.724. The van der Waals surface area contributed by atoms with E-state index in [2.05, 4.69) is 6.07 Å². The highest BCUT2D eigenvalue weighted by Crippen LogP contribution is 2.10. The van der Waals surface area contributed by atoms with Gasteiger partial charge in [0.2, 0.25) is 0 Å². The fraction of sp³-hybridized carbons (Fsp3) is 0.250. The molecule has 0 amide bonds. The van der Waals surface area contributed by atoms with E-state index in [0.717, 1.165) is 37.6 Å². The number of benzene rings is 2. The molecule has 2 heteroatoms. The Bertz CT molecular complexity index is 382. The summed E-state index contributed by atoms with van der Waals surface area (Å²) in [6.07, 6.45) is 1.99. The topological polar surface area (TPSA) is 18.5 Å². The van der Waals surface area contributed by atoms with E-state index in [-0.39, 0.29) is 0 Å². The van der Waals surface area contributed by atoms with Crippen molar-refractivity contribution in [2.75, 3.05) is 13.2 Å². The van der Waals surface area contributed by atoms with Crippen LogP contribution in [0.2, 0.25) is 0 Å². The van der Waals surface area contributed by atoms with Crippen LogP contribution in [0.15, 0.2) is 54.6 Å². The summed E-state index contributed by atoms with van der Waals surface area (Å²) in [5.74, 6) is 1.83. The zero-order valence-corrected chi connectivity index (χ0v) is 10.3. The Kier molecular flexibility index (Phi) is 5.12. The van der Waals surface area contributed by atoms with Crippen molar-refractivity contribution >= 4 is 0 Å². The minimum Gasteiger partial charge on any atom is -0.494 e. The third kappa shape index (κ3) is 4.50. The van der Waals surface area contributed by atoms with Crippen molar-refractivity contribution in [3.8, 4) is 11.5 Å². The Labute approximate surface area is 108 Å². The van der Waals surface area contributed by atoms with Crippen molar-refractivity contribution in [1.82, 2.24) is 0 Å². The van der Waals surface area contributed by atoms with Crippen molar-refractivity contribution in [2.24, 2.45) is 0 Å². The summed E-state index contributed by atoms with van der Waals surface area (Å²) in [6.45, 7) is 1.46. The van der Waals surface area contributed by atoms with Gasteiger partial charge in [0.05, 0.1) is 13.2 Å². The molecule has 0 aliphatic rings. The lowest BCUT2D eigenvalue weighted by atomic mass is 10.3. The number of hydrogen-bond acceptors (Lipinski definition) is 2. The van der Waals surface area contributed by atoms with Gasteiger partial charge in [-0.25, -0.2) is 0 Å². The van der Waals surface area contributed by atoms with Gasteiger partial charge in [0.25, 0.3) is 0 Å². The third-order valence-electron chi connectivity index (χ3n) is 2.51. The molecule has 18 heavy (non-hydrogen) atoms. The van der Waals surface area contributed by atoms with Gasteiger partial charge < -0.3 is 9.47 Å². The lowest BCUT2D eigenvalue weighted by Gasteiger charge is -2.07. The SMILES string of the molecule is [c]1ccc(OCCCCOc2ccccc2)cc1. The van der Waals surface area contributed by atoms with Crippen LogP contribution in [0.1, 0.15) is 12.8 Å². The summed E-state index contributed by atoms with van der Waals surface area (Å²) in [5, 5.41) is 0. The zero-order chi connectivity index (χ0) is 12.5. The average Bonchev–Trinajstić information content (AvgIpc) is 2.45. The monoisotopic (exact) mass is 241 g/mol. The van der Waals surface area contributed by atoms with E-state index in [1.807, 2.05) is 54.6 Å². The van der Waals surface area contributed by atoms with E-state index in [1.54, 1.807) is 0 Å². The van der Waals surface area contributed by atoms with Crippen LogP contribution < -0.4 is 9.47 Å². The van der Waals surface area contributed by atoms with E-state index in [0.29, 0.717) is 0 Å². The van der Waals surface area contributed by atoms with Crippen LogP contribution >= 0.6 is 0 Å². The second kappa shape index (κ2) is 7.38. The normalized spacial score (nSPS) is 10.0. The highest BCUT2D eigenvalue weighted by molar-refractivity contribution is 5.21. The fourth-order valence-electron chi connectivity index (χ4n) is 1.57. The van der Waals surface area contributed by atoms with E-state index in [1.165, 1.54) is 0 Å². The second-order valence-corrected chi connectivity index (χ2v) is 3.95. The molecular weight excluding hydrogens is 224 g/mol. The smallest absolute Gasteiger partial charge is 0.119 e. The molecule has 1 radical (unpaired) electrons. The van der Waals surface area contributed by atoms with Crippen molar-refractivity contribution in [3.63, 3.8) is 0 Å². The molecule has 93 valence electrons. The summed E-state index contributed by atoms with van der Waals surface area (Å²) >= 11 is 0. The number of rotatable bonds is 7. The third-order valence-corrected chi connectivity index (χ3v) is 2.51. The Morgan fingerprint density at radius 1 is 0.722 bits per heavy atom. The highest BCUT2D eigenvalue weighted by atomic mass is 16.5. The van der Waals surface area contributed by atoms with E-state index in [4.69, 9.17) is 9.47 Å². The van der Waals surface area contributed by atoms with E-state index < -0.39 is 0 Å². The van der Waals surface area contributed by atoms with Gasteiger partial charge in [0, 0.05) is 0 Å². The van der Waals surface area contributed by atoms with Crippen LogP contribution in [-0.4, -0.2) is 13.2 Å². The largest absolute Gasteiger partial charge is 0.494 e. The number of para-hydroxylation sites is 1. The van der Waals surface area contributed by atoms with Crippen LogP contribution in [-0.2, 0) is 0 Å². The first kappa shape index (κ1) is 12.5. The maximum absolute atomic E-state index is 5.60. The quantitative estimate of drug-likeness (QED) is 0.688. The van der Waals surface area contributed by atoms with Crippen LogP contribution in [0.25, 0.3) is 0 Å². The molecule has 0 heterocycles. The predicted molar refractivity (Wildman–Crippen MR) is 71.9 cm³/mol. The van der Waals surface area contributed by atoms with Crippen molar-refractivity contribution in [3.05, 3.63) is 60.7 Å². The van der Waals surface area contributed by atoms with Crippen LogP contribution in [0.3, 0.4) is 0 Å². The molecule has 0 aliphatic heterocycles.